The van der Waals surface area contributed by atoms with Crippen LogP contribution in [0.4, 0.5) is 0 Å². The zero-order chi connectivity index (χ0) is 17.3. The number of aromatic nitrogens is 1. The van der Waals surface area contributed by atoms with Crippen molar-refractivity contribution >= 4 is 0 Å². The summed E-state index contributed by atoms with van der Waals surface area (Å²) < 4.78 is 16.9. The fourth-order valence-electron chi connectivity index (χ4n) is 4.75. The quantitative estimate of drug-likeness (QED) is 0.832. The van der Waals surface area contributed by atoms with Crippen molar-refractivity contribution in [1.29, 1.82) is 0 Å². The van der Waals surface area contributed by atoms with Gasteiger partial charge in [-0.2, -0.15) is 0 Å². The molecule has 6 heteroatoms. The highest BCUT2D eigenvalue weighted by molar-refractivity contribution is 5.20. The number of ether oxygens (including phenoxy) is 2. The highest BCUT2D eigenvalue weighted by Crippen LogP contribution is 2.36. The second-order valence-electron chi connectivity index (χ2n) is 8.13. The van der Waals surface area contributed by atoms with Gasteiger partial charge in [0.25, 0.3) is 0 Å². The van der Waals surface area contributed by atoms with Crippen molar-refractivity contribution in [3.05, 3.63) is 17.0 Å². The maximum Gasteiger partial charge on any atom is 0.138 e. The van der Waals surface area contributed by atoms with Gasteiger partial charge in [-0.25, -0.2) is 0 Å². The lowest BCUT2D eigenvalue weighted by atomic mass is 9.87. The van der Waals surface area contributed by atoms with Crippen LogP contribution in [0.3, 0.4) is 0 Å². The molecule has 0 N–H and O–H groups in total. The molecule has 140 valence electrons. The lowest BCUT2D eigenvalue weighted by Crippen LogP contribution is -2.43. The SMILES string of the molecule is Cc1noc(C)c1CN1CCOC[C@@]2(CCN(C3CCOCC3)C2)C1. The molecule has 0 unspecified atom stereocenters. The Labute approximate surface area is 150 Å². The van der Waals surface area contributed by atoms with E-state index in [1.54, 1.807) is 0 Å². The number of likely N-dealkylation sites (tertiary alicyclic amines) is 1. The minimum absolute atomic E-state index is 0.272. The van der Waals surface area contributed by atoms with E-state index in [4.69, 9.17) is 14.0 Å². The van der Waals surface area contributed by atoms with Crippen LogP contribution < -0.4 is 0 Å². The molecular formula is C19H31N3O3. The van der Waals surface area contributed by atoms with Crippen LogP contribution in [0.1, 0.15) is 36.3 Å². The number of nitrogens with zero attached hydrogens (tertiary/aromatic N) is 3. The average molecular weight is 349 g/mol. The molecular weight excluding hydrogens is 318 g/mol. The van der Waals surface area contributed by atoms with Crippen LogP contribution >= 0.6 is 0 Å². The van der Waals surface area contributed by atoms with E-state index in [9.17, 15) is 0 Å². The Kier molecular flexibility index (Phi) is 5.13. The van der Waals surface area contributed by atoms with Crippen molar-refractivity contribution in [2.75, 3.05) is 52.6 Å². The summed E-state index contributed by atoms with van der Waals surface area (Å²) in [5, 5.41) is 4.11. The second-order valence-corrected chi connectivity index (χ2v) is 8.13. The first-order valence-electron chi connectivity index (χ1n) is 9.69. The third-order valence-electron chi connectivity index (χ3n) is 6.26. The van der Waals surface area contributed by atoms with E-state index in [1.165, 1.54) is 31.4 Å². The van der Waals surface area contributed by atoms with Crippen LogP contribution in [-0.4, -0.2) is 73.6 Å². The van der Waals surface area contributed by atoms with Gasteiger partial charge in [-0.1, -0.05) is 5.16 Å². The van der Waals surface area contributed by atoms with Gasteiger partial charge in [-0.15, -0.1) is 0 Å². The minimum Gasteiger partial charge on any atom is -0.381 e. The molecule has 0 saturated carbocycles. The largest absolute Gasteiger partial charge is 0.381 e. The fourth-order valence-corrected chi connectivity index (χ4v) is 4.75. The molecule has 0 bridgehead atoms. The van der Waals surface area contributed by atoms with Crippen molar-refractivity contribution in [2.24, 2.45) is 5.41 Å². The van der Waals surface area contributed by atoms with Gasteiger partial charge < -0.3 is 14.0 Å². The first-order chi connectivity index (χ1) is 12.2. The van der Waals surface area contributed by atoms with Crippen LogP contribution in [-0.2, 0) is 16.0 Å². The molecule has 0 aliphatic carbocycles. The normalized spacial score (nSPS) is 30.2. The smallest absolute Gasteiger partial charge is 0.138 e. The Balaban J connectivity index is 1.43. The molecule has 3 aliphatic heterocycles. The fraction of sp³-hybridized carbons (Fsp3) is 0.842. The summed E-state index contributed by atoms with van der Waals surface area (Å²) in [4.78, 5) is 5.25. The van der Waals surface area contributed by atoms with Crippen LogP contribution in [0.25, 0.3) is 0 Å². The van der Waals surface area contributed by atoms with Crippen molar-refractivity contribution in [2.45, 2.75) is 45.7 Å². The maximum absolute atomic E-state index is 6.05. The standard InChI is InChI=1S/C19H31N3O3/c1-15-18(16(2)25-20-15)11-21-7-10-24-14-19(12-21)5-6-22(13-19)17-3-8-23-9-4-17/h17H,3-14H2,1-2H3/t19-/m0/s1. The van der Waals surface area contributed by atoms with E-state index >= 15 is 0 Å². The summed E-state index contributed by atoms with van der Waals surface area (Å²) in [5.74, 6) is 0.951. The monoisotopic (exact) mass is 349 g/mol. The zero-order valence-corrected chi connectivity index (χ0v) is 15.6. The van der Waals surface area contributed by atoms with Crippen LogP contribution in [0.5, 0.6) is 0 Å². The summed E-state index contributed by atoms with van der Waals surface area (Å²) in [5.41, 5.74) is 2.54. The molecule has 0 amide bonds. The Morgan fingerprint density at radius 1 is 1.08 bits per heavy atom. The first-order valence-corrected chi connectivity index (χ1v) is 9.69. The minimum atomic E-state index is 0.272. The van der Waals surface area contributed by atoms with Gasteiger partial charge in [0.2, 0.25) is 0 Å². The lowest BCUT2D eigenvalue weighted by Gasteiger charge is -2.35. The second kappa shape index (κ2) is 7.35. The van der Waals surface area contributed by atoms with Crippen molar-refractivity contribution in [1.82, 2.24) is 15.0 Å². The molecule has 3 saturated heterocycles. The molecule has 3 fully saturated rings. The van der Waals surface area contributed by atoms with Gasteiger partial charge in [-0.05, 0) is 39.7 Å². The Morgan fingerprint density at radius 2 is 1.92 bits per heavy atom. The van der Waals surface area contributed by atoms with Gasteiger partial charge in [0.1, 0.15) is 5.76 Å². The Hall–Kier alpha value is -0.950. The Morgan fingerprint density at radius 3 is 2.68 bits per heavy atom. The molecule has 25 heavy (non-hydrogen) atoms. The van der Waals surface area contributed by atoms with E-state index in [-0.39, 0.29) is 5.41 Å². The molecule has 0 radical (unpaired) electrons. The van der Waals surface area contributed by atoms with Crippen LogP contribution in [0.15, 0.2) is 4.52 Å². The third-order valence-corrected chi connectivity index (χ3v) is 6.26. The molecule has 3 aliphatic rings. The summed E-state index contributed by atoms with van der Waals surface area (Å²) >= 11 is 0. The van der Waals surface area contributed by atoms with E-state index in [0.717, 1.165) is 64.1 Å². The highest BCUT2D eigenvalue weighted by atomic mass is 16.5. The first kappa shape index (κ1) is 17.5. The summed E-state index contributed by atoms with van der Waals surface area (Å²) in [7, 11) is 0. The summed E-state index contributed by atoms with van der Waals surface area (Å²) in [6.07, 6.45) is 3.60. The molecule has 4 rings (SSSR count). The van der Waals surface area contributed by atoms with E-state index < -0.39 is 0 Å². The van der Waals surface area contributed by atoms with Gasteiger partial charge in [0.05, 0.1) is 18.9 Å². The van der Waals surface area contributed by atoms with Crippen LogP contribution in [0.2, 0.25) is 0 Å². The molecule has 4 heterocycles. The molecule has 1 aromatic rings. The average Bonchev–Trinajstić information content (AvgIpc) is 3.10. The molecule has 0 aromatic carbocycles. The number of rotatable bonds is 3. The molecule has 6 nitrogen and oxygen atoms in total. The van der Waals surface area contributed by atoms with E-state index in [2.05, 4.69) is 15.0 Å². The number of aryl methyl sites for hydroxylation is 2. The molecule has 1 aromatic heterocycles. The lowest BCUT2D eigenvalue weighted by molar-refractivity contribution is 0.0284. The topological polar surface area (TPSA) is 51.0 Å². The van der Waals surface area contributed by atoms with Crippen molar-refractivity contribution in [3.63, 3.8) is 0 Å². The summed E-state index contributed by atoms with van der Waals surface area (Å²) in [6.45, 7) is 13.0. The Bertz CT molecular complexity index is 565. The number of hydrogen-bond donors (Lipinski definition) is 0. The summed E-state index contributed by atoms with van der Waals surface area (Å²) in [6, 6.07) is 0.701. The number of hydrogen-bond acceptors (Lipinski definition) is 6. The highest BCUT2D eigenvalue weighted by Gasteiger charge is 2.43. The van der Waals surface area contributed by atoms with Gasteiger partial charge in [-0.3, -0.25) is 9.80 Å². The van der Waals surface area contributed by atoms with E-state index in [0.29, 0.717) is 6.04 Å². The van der Waals surface area contributed by atoms with Gasteiger partial charge in [0.15, 0.2) is 0 Å². The van der Waals surface area contributed by atoms with Gasteiger partial charge in [0, 0.05) is 56.4 Å². The predicted octanol–water partition coefficient (Wildman–Crippen LogP) is 1.99. The third kappa shape index (κ3) is 3.77. The van der Waals surface area contributed by atoms with Crippen molar-refractivity contribution < 1.29 is 14.0 Å². The van der Waals surface area contributed by atoms with Crippen LogP contribution in [0, 0.1) is 19.3 Å². The van der Waals surface area contributed by atoms with Gasteiger partial charge >= 0.3 is 0 Å². The molecule has 1 spiro atoms. The van der Waals surface area contributed by atoms with E-state index in [1.807, 2.05) is 13.8 Å². The molecule has 1 atom stereocenters. The predicted molar refractivity (Wildman–Crippen MR) is 94.5 cm³/mol. The zero-order valence-electron chi connectivity index (χ0n) is 15.6. The maximum atomic E-state index is 6.05. The van der Waals surface area contributed by atoms with Crippen molar-refractivity contribution in [3.8, 4) is 0 Å².